The lowest BCUT2D eigenvalue weighted by molar-refractivity contribution is -0.147. The summed E-state index contributed by atoms with van der Waals surface area (Å²) in [7, 11) is 1.23. The zero-order valence-electron chi connectivity index (χ0n) is 12.5. The monoisotopic (exact) mass is 316 g/mol. The van der Waals surface area contributed by atoms with E-state index in [2.05, 4.69) is 4.74 Å². The molecule has 0 saturated heterocycles. The van der Waals surface area contributed by atoms with Crippen molar-refractivity contribution < 1.29 is 28.9 Å². The Morgan fingerprint density at radius 3 is 2.52 bits per heavy atom. The standard InChI is InChI=1S/C17H16O6/c1-21-17(20)13-7-14(18)9-15(8-13)22-11-16(19)23-10-12-5-3-2-4-6-12/h2-9,18H,10-11H2,1H3. The summed E-state index contributed by atoms with van der Waals surface area (Å²) in [6.45, 7) is -0.187. The van der Waals surface area contributed by atoms with Crippen molar-refractivity contribution >= 4 is 11.9 Å². The second kappa shape index (κ2) is 7.84. The molecule has 6 nitrogen and oxygen atoms in total. The first-order valence-corrected chi connectivity index (χ1v) is 6.83. The molecular formula is C17H16O6. The van der Waals surface area contributed by atoms with Crippen LogP contribution in [0.2, 0.25) is 0 Å². The molecule has 2 rings (SSSR count). The third-order valence-electron chi connectivity index (χ3n) is 2.91. The van der Waals surface area contributed by atoms with Crippen molar-refractivity contribution in [3.63, 3.8) is 0 Å². The smallest absolute Gasteiger partial charge is 0.344 e. The number of esters is 2. The molecule has 0 radical (unpaired) electrons. The summed E-state index contributed by atoms with van der Waals surface area (Å²) < 4.78 is 14.9. The van der Waals surface area contributed by atoms with Crippen LogP contribution in [0.5, 0.6) is 11.5 Å². The number of phenols is 1. The number of aromatic hydroxyl groups is 1. The zero-order chi connectivity index (χ0) is 16.7. The van der Waals surface area contributed by atoms with Crippen molar-refractivity contribution in [3.05, 3.63) is 59.7 Å². The number of hydrogen-bond acceptors (Lipinski definition) is 6. The van der Waals surface area contributed by atoms with Crippen LogP contribution in [-0.2, 0) is 20.9 Å². The SMILES string of the molecule is COC(=O)c1cc(O)cc(OCC(=O)OCc2ccccc2)c1. The van der Waals surface area contributed by atoms with Crippen molar-refractivity contribution in [3.8, 4) is 11.5 Å². The van der Waals surface area contributed by atoms with Gasteiger partial charge in [-0.25, -0.2) is 9.59 Å². The molecule has 0 aromatic heterocycles. The maximum absolute atomic E-state index is 11.6. The maximum atomic E-state index is 11.6. The first-order valence-electron chi connectivity index (χ1n) is 6.83. The third kappa shape index (κ3) is 5.03. The summed E-state index contributed by atoms with van der Waals surface area (Å²) in [6.07, 6.45) is 0. The highest BCUT2D eigenvalue weighted by molar-refractivity contribution is 5.90. The average Bonchev–Trinajstić information content (AvgIpc) is 2.57. The van der Waals surface area contributed by atoms with Crippen molar-refractivity contribution in [2.24, 2.45) is 0 Å². The quantitative estimate of drug-likeness (QED) is 0.824. The fraction of sp³-hybridized carbons (Fsp3) is 0.176. The van der Waals surface area contributed by atoms with Crippen molar-refractivity contribution in [2.75, 3.05) is 13.7 Å². The number of carbonyl (C=O) groups is 2. The van der Waals surface area contributed by atoms with Crippen LogP contribution >= 0.6 is 0 Å². The predicted molar refractivity (Wildman–Crippen MR) is 81.2 cm³/mol. The summed E-state index contributed by atoms with van der Waals surface area (Å²) in [5.74, 6) is -1.17. The molecule has 2 aromatic rings. The molecular weight excluding hydrogens is 300 g/mol. The maximum Gasteiger partial charge on any atom is 0.344 e. The van der Waals surface area contributed by atoms with Crippen molar-refractivity contribution in [1.29, 1.82) is 0 Å². The van der Waals surface area contributed by atoms with Gasteiger partial charge in [0.05, 0.1) is 12.7 Å². The lowest BCUT2D eigenvalue weighted by Gasteiger charge is -2.09. The van der Waals surface area contributed by atoms with Gasteiger partial charge < -0.3 is 19.3 Å². The van der Waals surface area contributed by atoms with Gasteiger partial charge in [0.25, 0.3) is 0 Å². The van der Waals surface area contributed by atoms with E-state index in [9.17, 15) is 14.7 Å². The Bertz CT molecular complexity index is 681. The molecule has 23 heavy (non-hydrogen) atoms. The predicted octanol–water partition coefficient (Wildman–Crippen LogP) is 2.30. The number of carbonyl (C=O) groups excluding carboxylic acids is 2. The highest BCUT2D eigenvalue weighted by atomic mass is 16.6. The summed E-state index contributed by atoms with van der Waals surface area (Å²) >= 11 is 0. The third-order valence-corrected chi connectivity index (χ3v) is 2.91. The van der Waals surface area contributed by atoms with E-state index in [1.54, 1.807) is 0 Å². The van der Waals surface area contributed by atoms with Crippen LogP contribution in [0.3, 0.4) is 0 Å². The van der Waals surface area contributed by atoms with E-state index < -0.39 is 11.9 Å². The molecule has 0 spiro atoms. The summed E-state index contributed by atoms with van der Waals surface area (Å²) in [4.78, 5) is 23.1. The van der Waals surface area contributed by atoms with Gasteiger partial charge in [-0.2, -0.15) is 0 Å². The molecule has 0 unspecified atom stereocenters. The van der Waals surface area contributed by atoms with E-state index in [-0.39, 0.29) is 30.3 Å². The van der Waals surface area contributed by atoms with Gasteiger partial charge in [0, 0.05) is 6.07 Å². The number of rotatable bonds is 6. The Kier molecular flexibility index (Phi) is 5.57. The van der Waals surface area contributed by atoms with E-state index in [1.165, 1.54) is 25.3 Å². The Morgan fingerprint density at radius 2 is 1.83 bits per heavy atom. The topological polar surface area (TPSA) is 82.1 Å². The highest BCUT2D eigenvalue weighted by Crippen LogP contribution is 2.22. The number of hydrogen-bond donors (Lipinski definition) is 1. The van der Waals surface area contributed by atoms with Crippen LogP contribution in [-0.4, -0.2) is 30.8 Å². The number of benzene rings is 2. The molecule has 0 saturated carbocycles. The molecule has 0 aliphatic heterocycles. The van der Waals surface area contributed by atoms with Crippen LogP contribution in [0.25, 0.3) is 0 Å². The molecule has 0 fully saturated rings. The zero-order valence-corrected chi connectivity index (χ0v) is 12.5. The Hall–Kier alpha value is -3.02. The van der Waals surface area contributed by atoms with Crippen molar-refractivity contribution in [2.45, 2.75) is 6.61 Å². The van der Waals surface area contributed by atoms with E-state index in [0.29, 0.717) is 0 Å². The summed E-state index contributed by atoms with van der Waals surface area (Å²) in [5.41, 5.74) is 0.992. The minimum Gasteiger partial charge on any atom is -0.508 e. The Morgan fingerprint density at radius 1 is 1.09 bits per heavy atom. The number of methoxy groups -OCH3 is 1. The first-order chi connectivity index (χ1) is 11.1. The van der Waals surface area contributed by atoms with Crippen molar-refractivity contribution in [1.82, 2.24) is 0 Å². The molecule has 120 valence electrons. The van der Waals surface area contributed by atoms with Gasteiger partial charge in [0.1, 0.15) is 18.1 Å². The van der Waals surface area contributed by atoms with Gasteiger partial charge in [0.2, 0.25) is 0 Å². The molecule has 0 bridgehead atoms. The second-order valence-electron chi connectivity index (χ2n) is 4.64. The van der Waals surface area contributed by atoms with E-state index in [0.717, 1.165) is 5.56 Å². The van der Waals surface area contributed by atoms with Gasteiger partial charge in [-0.3, -0.25) is 0 Å². The fourth-order valence-corrected chi connectivity index (χ4v) is 1.82. The number of phenolic OH excluding ortho intramolecular Hbond substituents is 1. The minimum atomic E-state index is -0.614. The van der Waals surface area contributed by atoms with Gasteiger partial charge in [-0.15, -0.1) is 0 Å². The largest absolute Gasteiger partial charge is 0.508 e. The Balaban J connectivity index is 1.89. The molecule has 0 heterocycles. The van der Waals surface area contributed by atoms with Gasteiger partial charge in [0.15, 0.2) is 6.61 Å². The molecule has 1 N–H and O–H groups in total. The fourth-order valence-electron chi connectivity index (χ4n) is 1.82. The first kappa shape index (κ1) is 16.4. The second-order valence-corrected chi connectivity index (χ2v) is 4.64. The minimum absolute atomic E-state index is 0.125. The van der Waals surface area contributed by atoms with Gasteiger partial charge in [-0.1, -0.05) is 30.3 Å². The highest BCUT2D eigenvalue weighted by Gasteiger charge is 2.11. The van der Waals surface area contributed by atoms with Crippen LogP contribution in [0.15, 0.2) is 48.5 Å². The average molecular weight is 316 g/mol. The molecule has 6 heteroatoms. The van der Waals surface area contributed by atoms with Crippen LogP contribution in [0.4, 0.5) is 0 Å². The molecule has 2 aromatic carbocycles. The normalized spacial score (nSPS) is 9.96. The summed E-state index contributed by atoms with van der Waals surface area (Å²) in [5, 5.41) is 9.55. The van der Waals surface area contributed by atoms with Crippen LogP contribution < -0.4 is 4.74 Å². The molecule has 0 atom stereocenters. The van der Waals surface area contributed by atoms with Gasteiger partial charge >= 0.3 is 11.9 Å². The van der Waals surface area contributed by atoms with Crippen LogP contribution in [0, 0.1) is 0 Å². The lowest BCUT2D eigenvalue weighted by atomic mass is 10.2. The van der Waals surface area contributed by atoms with E-state index in [1.807, 2.05) is 30.3 Å². The molecule has 0 amide bonds. The molecule has 0 aliphatic carbocycles. The van der Waals surface area contributed by atoms with Gasteiger partial charge in [-0.05, 0) is 17.7 Å². The lowest BCUT2D eigenvalue weighted by Crippen LogP contribution is -2.15. The number of ether oxygens (including phenoxy) is 3. The van der Waals surface area contributed by atoms with E-state index in [4.69, 9.17) is 9.47 Å². The summed E-state index contributed by atoms with van der Waals surface area (Å²) in [6, 6.07) is 13.1. The Labute approximate surface area is 133 Å². The molecule has 0 aliphatic rings. The van der Waals surface area contributed by atoms with Crippen LogP contribution in [0.1, 0.15) is 15.9 Å². The van der Waals surface area contributed by atoms with E-state index >= 15 is 0 Å².